The number of ether oxygens (including phenoxy) is 1. The minimum Gasteiger partial charge on any atom is -0.464 e. The van der Waals surface area contributed by atoms with E-state index in [-0.39, 0.29) is 5.69 Å². The summed E-state index contributed by atoms with van der Waals surface area (Å²) in [6, 6.07) is 3.22. The van der Waals surface area contributed by atoms with Crippen LogP contribution in [0.15, 0.2) is 12.1 Å². The molecule has 0 spiro atoms. The van der Waals surface area contributed by atoms with Gasteiger partial charge in [-0.25, -0.2) is 9.78 Å². The van der Waals surface area contributed by atoms with Crippen LogP contribution in [0, 0.1) is 5.92 Å². The van der Waals surface area contributed by atoms with Crippen LogP contribution in [-0.4, -0.2) is 24.6 Å². The maximum atomic E-state index is 11.3. The quantitative estimate of drug-likeness (QED) is 0.749. The summed E-state index contributed by atoms with van der Waals surface area (Å²) in [5.41, 5.74) is 6.58. The van der Waals surface area contributed by atoms with Crippen molar-refractivity contribution >= 4 is 17.5 Å². The Morgan fingerprint density at radius 1 is 1.62 bits per heavy atom. The minimum atomic E-state index is -0.450. The van der Waals surface area contributed by atoms with Gasteiger partial charge >= 0.3 is 5.97 Å². The number of nitrogens with one attached hydrogen (secondary N) is 1. The van der Waals surface area contributed by atoms with Crippen molar-refractivity contribution in [2.24, 2.45) is 5.92 Å². The van der Waals surface area contributed by atoms with Crippen molar-refractivity contribution in [3.05, 3.63) is 17.8 Å². The highest BCUT2D eigenvalue weighted by Crippen LogP contribution is 2.29. The minimum absolute atomic E-state index is 0.273. The lowest BCUT2D eigenvalue weighted by Crippen LogP contribution is -2.11. The van der Waals surface area contributed by atoms with Crippen molar-refractivity contribution in [3.63, 3.8) is 0 Å². The number of hydrogen-bond acceptors (Lipinski definition) is 5. The van der Waals surface area contributed by atoms with Gasteiger partial charge in [-0.15, -0.1) is 0 Å². The first-order chi connectivity index (χ1) is 7.70. The van der Waals surface area contributed by atoms with E-state index in [9.17, 15) is 4.79 Å². The van der Waals surface area contributed by atoms with Gasteiger partial charge in [0, 0.05) is 6.54 Å². The zero-order valence-electron chi connectivity index (χ0n) is 9.19. The summed E-state index contributed by atoms with van der Waals surface area (Å²) < 4.78 is 4.60. The van der Waals surface area contributed by atoms with E-state index in [1.807, 2.05) is 0 Å². The number of esters is 1. The molecule has 1 heterocycles. The topological polar surface area (TPSA) is 77.2 Å². The molecule has 1 aromatic heterocycles. The van der Waals surface area contributed by atoms with Crippen LogP contribution in [0.2, 0.25) is 0 Å². The van der Waals surface area contributed by atoms with Crippen molar-refractivity contribution < 1.29 is 9.53 Å². The SMILES string of the molecule is COC(=O)c1ccc(N)c(NCC2CC2)n1. The molecule has 0 bridgehead atoms. The van der Waals surface area contributed by atoms with Gasteiger partial charge in [-0.1, -0.05) is 0 Å². The predicted molar refractivity (Wildman–Crippen MR) is 61.2 cm³/mol. The lowest BCUT2D eigenvalue weighted by molar-refractivity contribution is 0.0594. The summed E-state index contributed by atoms with van der Waals surface area (Å²) in [5, 5.41) is 3.15. The highest BCUT2D eigenvalue weighted by Gasteiger charge is 2.21. The Balaban J connectivity index is 2.11. The molecule has 0 aromatic carbocycles. The van der Waals surface area contributed by atoms with E-state index in [2.05, 4.69) is 15.0 Å². The van der Waals surface area contributed by atoms with Crippen LogP contribution in [0.25, 0.3) is 0 Å². The molecule has 0 radical (unpaired) electrons. The molecule has 0 amide bonds. The molecule has 1 aliphatic carbocycles. The van der Waals surface area contributed by atoms with E-state index in [0.29, 0.717) is 11.5 Å². The third-order valence-electron chi connectivity index (χ3n) is 2.58. The second kappa shape index (κ2) is 4.38. The second-order valence-electron chi connectivity index (χ2n) is 3.95. The van der Waals surface area contributed by atoms with Gasteiger partial charge in [0.15, 0.2) is 5.69 Å². The Kier molecular flexibility index (Phi) is 2.94. The zero-order chi connectivity index (χ0) is 11.5. The lowest BCUT2D eigenvalue weighted by atomic mass is 10.3. The van der Waals surface area contributed by atoms with Gasteiger partial charge in [-0.2, -0.15) is 0 Å². The van der Waals surface area contributed by atoms with Crippen LogP contribution in [0.1, 0.15) is 23.3 Å². The van der Waals surface area contributed by atoms with Gasteiger partial charge in [0.1, 0.15) is 5.82 Å². The maximum absolute atomic E-state index is 11.3. The molecule has 0 atom stereocenters. The molecular formula is C11H15N3O2. The third kappa shape index (κ3) is 2.42. The summed E-state index contributed by atoms with van der Waals surface area (Å²) >= 11 is 0. The van der Waals surface area contributed by atoms with Gasteiger partial charge in [0.2, 0.25) is 0 Å². The van der Waals surface area contributed by atoms with Gasteiger partial charge in [-0.05, 0) is 30.9 Å². The predicted octanol–water partition coefficient (Wildman–Crippen LogP) is 1.27. The van der Waals surface area contributed by atoms with Crippen LogP contribution >= 0.6 is 0 Å². The molecular weight excluding hydrogens is 206 g/mol. The first-order valence-corrected chi connectivity index (χ1v) is 5.29. The Morgan fingerprint density at radius 3 is 3.00 bits per heavy atom. The number of methoxy groups -OCH3 is 1. The molecule has 5 nitrogen and oxygen atoms in total. The van der Waals surface area contributed by atoms with Gasteiger partial charge < -0.3 is 15.8 Å². The standard InChI is InChI=1S/C11H15N3O2/c1-16-11(15)9-5-4-8(12)10(14-9)13-6-7-2-3-7/h4-5,7H,2-3,6,12H2,1H3,(H,13,14). The molecule has 1 saturated carbocycles. The Morgan fingerprint density at radius 2 is 2.38 bits per heavy atom. The summed E-state index contributed by atoms with van der Waals surface area (Å²) in [5.74, 6) is 0.840. The van der Waals surface area contributed by atoms with Crippen LogP contribution < -0.4 is 11.1 Å². The van der Waals surface area contributed by atoms with Crippen LogP contribution in [-0.2, 0) is 4.74 Å². The smallest absolute Gasteiger partial charge is 0.356 e. The molecule has 0 aliphatic heterocycles. The van der Waals surface area contributed by atoms with E-state index < -0.39 is 5.97 Å². The average Bonchev–Trinajstić information content (AvgIpc) is 3.11. The van der Waals surface area contributed by atoms with Crippen molar-refractivity contribution in [3.8, 4) is 0 Å². The summed E-state index contributed by atoms with van der Waals surface area (Å²) in [4.78, 5) is 15.4. The summed E-state index contributed by atoms with van der Waals surface area (Å²) in [6.07, 6.45) is 2.51. The van der Waals surface area contributed by atoms with E-state index >= 15 is 0 Å². The number of hydrogen-bond donors (Lipinski definition) is 2. The van der Waals surface area contributed by atoms with Gasteiger partial charge in [0.05, 0.1) is 12.8 Å². The van der Waals surface area contributed by atoms with E-state index in [1.54, 1.807) is 12.1 Å². The molecule has 0 unspecified atom stereocenters. The van der Waals surface area contributed by atoms with E-state index in [0.717, 1.165) is 12.5 Å². The monoisotopic (exact) mass is 221 g/mol. The Bertz CT molecular complexity index is 402. The number of nitrogens with zero attached hydrogens (tertiary/aromatic N) is 1. The molecule has 1 aromatic rings. The van der Waals surface area contributed by atoms with E-state index in [1.165, 1.54) is 20.0 Å². The normalized spacial score (nSPS) is 14.6. The number of anilines is 2. The highest BCUT2D eigenvalue weighted by atomic mass is 16.5. The Labute approximate surface area is 94.0 Å². The fraction of sp³-hybridized carbons (Fsp3) is 0.455. The molecule has 1 fully saturated rings. The molecule has 0 saturated heterocycles. The molecule has 5 heteroatoms. The van der Waals surface area contributed by atoms with Gasteiger partial charge in [-0.3, -0.25) is 0 Å². The first kappa shape index (κ1) is 10.7. The number of nitrogen functional groups attached to an aromatic ring is 1. The number of carbonyl (C=O) groups excluding carboxylic acids is 1. The molecule has 86 valence electrons. The number of rotatable bonds is 4. The van der Waals surface area contributed by atoms with Crippen molar-refractivity contribution in [1.29, 1.82) is 0 Å². The summed E-state index contributed by atoms with van der Waals surface area (Å²) in [7, 11) is 1.33. The zero-order valence-corrected chi connectivity index (χ0v) is 9.19. The fourth-order valence-corrected chi connectivity index (χ4v) is 1.39. The van der Waals surface area contributed by atoms with Crippen LogP contribution in [0.3, 0.4) is 0 Å². The second-order valence-corrected chi connectivity index (χ2v) is 3.95. The van der Waals surface area contributed by atoms with Crippen molar-refractivity contribution in [2.75, 3.05) is 24.7 Å². The van der Waals surface area contributed by atoms with Crippen molar-refractivity contribution in [1.82, 2.24) is 4.98 Å². The maximum Gasteiger partial charge on any atom is 0.356 e. The molecule has 2 rings (SSSR count). The third-order valence-corrected chi connectivity index (χ3v) is 2.58. The number of nitrogens with two attached hydrogens (primary N) is 1. The largest absolute Gasteiger partial charge is 0.464 e. The fourth-order valence-electron chi connectivity index (χ4n) is 1.39. The average molecular weight is 221 g/mol. The van der Waals surface area contributed by atoms with E-state index in [4.69, 9.17) is 5.73 Å². The Hall–Kier alpha value is -1.78. The highest BCUT2D eigenvalue weighted by molar-refractivity contribution is 5.88. The molecule has 16 heavy (non-hydrogen) atoms. The van der Waals surface area contributed by atoms with Gasteiger partial charge in [0.25, 0.3) is 0 Å². The number of pyridine rings is 1. The molecule has 3 N–H and O–H groups in total. The summed E-state index contributed by atoms with van der Waals surface area (Å²) in [6.45, 7) is 0.863. The number of carbonyl (C=O) groups is 1. The van der Waals surface area contributed by atoms with Crippen molar-refractivity contribution in [2.45, 2.75) is 12.8 Å². The first-order valence-electron chi connectivity index (χ1n) is 5.29. The molecule has 1 aliphatic rings. The number of aromatic nitrogens is 1. The van der Waals surface area contributed by atoms with Crippen LogP contribution in [0.4, 0.5) is 11.5 Å². The van der Waals surface area contributed by atoms with Crippen LogP contribution in [0.5, 0.6) is 0 Å². The lowest BCUT2D eigenvalue weighted by Gasteiger charge is -2.08.